The third-order valence-corrected chi connectivity index (χ3v) is 5.72. The van der Waals surface area contributed by atoms with Crippen molar-refractivity contribution in [1.82, 2.24) is 23.9 Å². The zero-order chi connectivity index (χ0) is 23.2. The molecule has 166 valence electrons. The molecule has 0 fully saturated rings. The number of amides is 1. The largest absolute Gasteiger partial charge is 0.431 e. The van der Waals surface area contributed by atoms with E-state index >= 15 is 0 Å². The van der Waals surface area contributed by atoms with E-state index in [1.165, 1.54) is 11.3 Å². The standard InChI is InChI=1S/C22H15F3N6OS/c1-13-11-30(14-6-3-2-4-7-14)20(26-13)29-19(32)16-12-31-18(22(23,24)25)10-15(27-21(31)28-16)17-8-5-9-33-17/h2-12H,1H3,(H,26,29,32). The summed E-state index contributed by atoms with van der Waals surface area (Å²) in [5.74, 6) is -0.695. The Kier molecular flexibility index (Phi) is 4.97. The van der Waals surface area contributed by atoms with Crippen molar-refractivity contribution in [2.75, 3.05) is 5.32 Å². The normalized spacial score (nSPS) is 11.8. The van der Waals surface area contributed by atoms with E-state index in [0.29, 0.717) is 10.6 Å². The minimum absolute atomic E-state index is 0.137. The molecule has 0 atom stereocenters. The summed E-state index contributed by atoms with van der Waals surface area (Å²) in [5, 5.41) is 4.38. The number of alkyl halides is 3. The molecule has 5 rings (SSSR count). The van der Waals surface area contributed by atoms with E-state index in [9.17, 15) is 18.0 Å². The first-order valence-corrected chi connectivity index (χ1v) is 10.6. The number of hydrogen-bond acceptors (Lipinski definition) is 5. The number of nitrogens with one attached hydrogen (secondary N) is 1. The number of para-hydroxylation sites is 1. The van der Waals surface area contributed by atoms with Crippen LogP contribution in [0.3, 0.4) is 0 Å². The highest BCUT2D eigenvalue weighted by atomic mass is 32.1. The summed E-state index contributed by atoms with van der Waals surface area (Å²) in [5.41, 5.74) is 0.383. The Morgan fingerprint density at radius 2 is 1.82 bits per heavy atom. The number of carbonyl (C=O) groups is 1. The molecule has 0 radical (unpaired) electrons. The number of thiophene rings is 1. The molecule has 5 aromatic rings. The summed E-state index contributed by atoms with van der Waals surface area (Å²) in [6.07, 6.45) is -1.89. The second kappa shape index (κ2) is 7.85. The highest BCUT2D eigenvalue weighted by Gasteiger charge is 2.35. The van der Waals surface area contributed by atoms with E-state index in [-0.39, 0.29) is 23.1 Å². The Labute approximate surface area is 189 Å². The maximum Gasteiger partial charge on any atom is 0.431 e. The lowest BCUT2D eigenvalue weighted by atomic mass is 10.2. The third kappa shape index (κ3) is 3.98. The molecule has 4 heterocycles. The SMILES string of the molecule is Cc1cn(-c2ccccc2)c(NC(=O)c2cn3c(C(F)(F)F)cc(-c4cccs4)nc3n2)n1. The van der Waals surface area contributed by atoms with Gasteiger partial charge in [-0.1, -0.05) is 24.3 Å². The highest BCUT2D eigenvalue weighted by Crippen LogP contribution is 2.33. The topological polar surface area (TPSA) is 77.1 Å². The maximum absolute atomic E-state index is 13.8. The van der Waals surface area contributed by atoms with Crippen LogP contribution in [0.1, 0.15) is 21.9 Å². The Morgan fingerprint density at radius 3 is 2.52 bits per heavy atom. The summed E-state index contributed by atoms with van der Waals surface area (Å²) in [6.45, 7) is 1.77. The van der Waals surface area contributed by atoms with Crippen LogP contribution in [0.4, 0.5) is 19.1 Å². The molecule has 11 heteroatoms. The summed E-state index contributed by atoms with van der Waals surface area (Å²) in [6, 6.07) is 13.6. The number of aromatic nitrogens is 5. The average molecular weight is 468 g/mol. The number of aryl methyl sites for hydroxylation is 1. The number of rotatable bonds is 4. The molecule has 0 unspecified atom stereocenters. The van der Waals surface area contributed by atoms with Gasteiger partial charge in [0.05, 0.1) is 16.3 Å². The Hall–Kier alpha value is -3.99. The fourth-order valence-corrected chi connectivity index (χ4v) is 4.07. The van der Waals surface area contributed by atoms with Gasteiger partial charge in [-0.25, -0.2) is 15.0 Å². The minimum atomic E-state index is -4.66. The van der Waals surface area contributed by atoms with E-state index in [0.717, 1.165) is 22.4 Å². The van der Waals surface area contributed by atoms with Crippen LogP contribution >= 0.6 is 11.3 Å². The smallest absolute Gasteiger partial charge is 0.290 e. The molecular weight excluding hydrogens is 453 g/mol. The molecule has 1 aromatic carbocycles. The van der Waals surface area contributed by atoms with Gasteiger partial charge in [0.25, 0.3) is 5.91 Å². The zero-order valence-electron chi connectivity index (χ0n) is 17.0. The molecule has 4 aromatic heterocycles. The van der Waals surface area contributed by atoms with E-state index in [1.54, 1.807) is 35.2 Å². The van der Waals surface area contributed by atoms with Crippen LogP contribution in [0.2, 0.25) is 0 Å². The molecule has 7 nitrogen and oxygen atoms in total. The van der Waals surface area contributed by atoms with Gasteiger partial charge in [-0.2, -0.15) is 13.2 Å². The molecule has 0 aliphatic carbocycles. The average Bonchev–Trinajstić information content (AvgIpc) is 3.52. The van der Waals surface area contributed by atoms with Crippen LogP contribution in [-0.2, 0) is 6.18 Å². The van der Waals surface area contributed by atoms with Crippen molar-refractivity contribution in [2.24, 2.45) is 0 Å². The Bertz CT molecular complexity index is 1460. The third-order valence-electron chi connectivity index (χ3n) is 4.82. The lowest BCUT2D eigenvalue weighted by molar-refractivity contribution is -0.142. The predicted molar refractivity (Wildman–Crippen MR) is 118 cm³/mol. The lowest BCUT2D eigenvalue weighted by Crippen LogP contribution is -2.16. The molecule has 0 saturated heterocycles. The predicted octanol–water partition coefficient (Wildman–Crippen LogP) is 5.22. The first kappa shape index (κ1) is 20.9. The lowest BCUT2D eigenvalue weighted by Gasteiger charge is -2.10. The van der Waals surface area contributed by atoms with Crippen molar-refractivity contribution >= 4 is 29.0 Å². The van der Waals surface area contributed by atoms with Crippen molar-refractivity contribution < 1.29 is 18.0 Å². The van der Waals surface area contributed by atoms with Gasteiger partial charge in [-0.05, 0) is 36.6 Å². The molecule has 0 saturated carbocycles. The van der Waals surface area contributed by atoms with Crippen molar-refractivity contribution in [3.63, 3.8) is 0 Å². The fraction of sp³-hybridized carbons (Fsp3) is 0.0909. The summed E-state index contributed by atoms with van der Waals surface area (Å²) in [4.78, 5) is 26.1. The monoisotopic (exact) mass is 468 g/mol. The molecule has 33 heavy (non-hydrogen) atoms. The first-order chi connectivity index (χ1) is 15.8. The van der Waals surface area contributed by atoms with Gasteiger partial charge in [0.1, 0.15) is 11.4 Å². The van der Waals surface area contributed by atoms with E-state index in [4.69, 9.17) is 0 Å². The van der Waals surface area contributed by atoms with Gasteiger partial charge in [0, 0.05) is 18.1 Å². The first-order valence-electron chi connectivity index (χ1n) is 9.73. The number of anilines is 1. The zero-order valence-corrected chi connectivity index (χ0v) is 17.9. The van der Waals surface area contributed by atoms with Gasteiger partial charge in [-0.3, -0.25) is 19.1 Å². The second-order valence-electron chi connectivity index (χ2n) is 7.16. The number of carbonyl (C=O) groups excluding carboxylic acids is 1. The molecule has 0 aliphatic heterocycles. The van der Waals surface area contributed by atoms with E-state index < -0.39 is 17.8 Å². The van der Waals surface area contributed by atoms with Crippen LogP contribution in [-0.4, -0.2) is 29.8 Å². The Balaban J connectivity index is 1.54. The van der Waals surface area contributed by atoms with Gasteiger partial charge in [-0.15, -0.1) is 11.3 Å². The quantitative estimate of drug-likeness (QED) is 0.392. The molecule has 1 amide bonds. The van der Waals surface area contributed by atoms with Gasteiger partial charge >= 0.3 is 6.18 Å². The number of imidazole rings is 2. The molecular formula is C22H15F3N6OS. The number of halogens is 3. The van der Waals surface area contributed by atoms with Gasteiger partial charge < -0.3 is 0 Å². The maximum atomic E-state index is 13.8. The number of nitrogens with zero attached hydrogens (tertiary/aromatic N) is 5. The van der Waals surface area contributed by atoms with Gasteiger partial charge in [0.15, 0.2) is 0 Å². The molecule has 0 spiro atoms. The fourth-order valence-electron chi connectivity index (χ4n) is 3.38. The second-order valence-corrected chi connectivity index (χ2v) is 8.11. The summed E-state index contributed by atoms with van der Waals surface area (Å²) >= 11 is 1.26. The van der Waals surface area contributed by atoms with Crippen LogP contribution in [0.15, 0.2) is 66.3 Å². The minimum Gasteiger partial charge on any atom is -0.290 e. The van der Waals surface area contributed by atoms with Crippen LogP contribution in [0.25, 0.3) is 22.0 Å². The van der Waals surface area contributed by atoms with E-state index in [1.807, 2.05) is 30.3 Å². The Morgan fingerprint density at radius 1 is 1.03 bits per heavy atom. The van der Waals surface area contributed by atoms with E-state index in [2.05, 4.69) is 20.3 Å². The van der Waals surface area contributed by atoms with Crippen LogP contribution in [0, 0.1) is 6.92 Å². The molecule has 1 N–H and O–H groups in total. The van der Waals surface area contributed by atoms with Gasteiger partial charge in [0.2, 0.25) is 11.7 Å². The molecule has 0 aliphatic rings. The number of benzene rings is 1. The number of fused-ring (bicyclic) bond motifs is 1. The molecule has 0 bridgehead atoms. The van der Waals surface area contributed by atoms with Crippen molar-refractivity contribution in [3.05, 3.63) is 83.4 Å². The van der Waals surface area contributed by atoms with Crippen LogP contribution < -0.4 is 5.32 Å². The summed E-state index contributed by atoms with van der Waals surface area (Å²) in [7, 11) is 0. The summed E-state index contributed by atoms with van der Waals surface area (Å²) < 4.78 is 43.7. The number of hydrogen-bond donors (Lipinski definition) is 1. The van der Waals surface area contributed by atoms with Crippen LogP contribution in [0.5, 0.6) is 0 Å². The van der Waals surface area contributed by atoms with Crippen molar-refractivity contribution in [2.45, 2.75) is 13.1 Å². The highest BCUT2D eigenvalue weighted by molar-refractivity contribution is 7.13. The van der Waals surface area contributed by atoms with Crippen molar-refractivity contribution in [3.8, 4) is 16.3 Å². The van der Waals surface area contributed by atoms with Crippen molar-refractivity contribution in [1.29, 1.82) is 0 Å².